The van der Waals surface area contributed by atoms with E-state index in [4.69, 9.17) is 16.3 Å². The molecule has 0 atom stereocenters. The van der Waals surface area contributed by atoms with Gasteiger partial charge in [-0.25, -0.2) is 4.98 Å². The van der Waals surface area contributed by atoms with Crippen LogP contribution in [0.1, 0.15) is 12.0 Å². The highest BCUT2D eigenvalue weighted by molar-refractivity contribution is 7.87. The lowest BCUT2D eigenvalue weighted by molar-refractivity contribution is 0.317. The minimum atomic E-state index is -5.42. The Morgan fingerprint density at radius 1 is 0.590 bits per heavy atom. The summed E-state index contributed by atoms with van der Waals surface area (Å²) < 4.78 is 211. The number of phenols is 1. The Bertz CT molecular complexity index is 4690. The third kappa shape index (κ3) is 12.3. The van der Waals surface area contributed by atoms with Gasteiger partial charge >= 0.3 is 0 Å². The standard InChI is InChI=1S/C40H30ClN9O21S7/c1-18-9-29(31(71-7-2-8-73(53,54)55)16-28(18)46-49-40-43-36-32(72-40)10-19(41)11-35(36)77(65,66)67)47-44-26-5-4-23-22(37(26)51)3-6-27(38(23)78(68,69)70)45-48-30-17-42-50(39(30)52)20-12-24-25(33(13-20)75(59,60)61)14-21(74(56,57)58)15-34(24)76(62,63)64/h3-6,9-17,51-52H,2,7-8H2,1H3,(H,53,54,55)(H,56,57,58)(H,59,60,61)(H,62,63,64)(H,65,66,67)(H,68,69,70). The van der Waals surface area contributed by atoms with E-state index in [-0.39, 0.29) is 73.0 Å². The summed E-state index contributed by atoms with van der Waals surface area (Å²) in [5.74, 6) is -2.50. The molecule has 30 nitrogen and oxygen atoms in total. The van der Waals surface area contributed by atoms with Crippen molar-refractivity contribution >= 4 is 149 Å². The lowest BCUT2D eigenvalue weighted by Gasteiger charge is -2.13. The minimum Gasteiger partial charge on any atom is -0.505 e. The van der Waals surface area contributed by atoms with Gasteiger partial charge in [0.2, 0.25) is 11.0 Å². The van der Waals surface area contributed by atoms with Crippen molar-refractivity contribution in [2.75, 3.05) is 12.4 Å². The van der Waals surface area contributed by atoms with Crippen molar-refractivity contribution < 1.29 is 92.8 Å². The van der Waals surface area contributed by atoms with Gasteiger partial charge in [0, 0.05) is 32.6 Å². The van der Waals surface area contributed by atoms with E-state index in [9.17, 15) is 88.0 Å². The number of aromatic nitrogens is 3. The van der Waals surface area contributed by atoms with Crippen molar-refractivity contribution in [3.8, 4) is 23.1 Å². The van der Waals surface area contributed by atoms with E-state index in [0.717, 1.165) is 53.9 Å². The van der Waals surface area contributed by atoms with Gasteiger partial charge in [0.05, 0.1) is 39.5 Å². The molecule has 38 heteroatoms. The lowest BCUT2D eigenvalue weighted by Crippen LogP contribution is -2.08. The van der Waals surface area contributed by atoms with Crippen LogP contribution in [-0.4, -0.2) is 115 Å². The maximum atomic E-state index is 12.9. The number of rotatable bonds is 17. The largest absolute Gasteiger partial charge is 0.505 e. The highest BCUT2D eigenvalue weighted by atomic mass is 35.5. The summed E-state index contributed by atoms with van der Waals surface area (Å²) in [6, 6.07) is 11.5. The van der Waals surface area contributed by atoms with Gasteiger partial charge in [-0.05, 0) is 79.6 Å². The number of aryl methyl sites for hydroxylation is 1. The number of hydrogen-bond donors (Lipinski definition) is 8. The zero-order valence-electron chi connectivity index (χ0n) is 38.3. The van der Waals surface area contributed by atoms with Crippen LogP contribution < -0.4 is 4.74 Å². The number of ether oxygens (including phenoxy) is 1. The molecule has 0 fully saturated rings. The molecule has 0 aliphatic rings. The maximum absolute atomic E-state index is 12.9. The molecular weight excluding hydrogens is 1200 g/mol. The van der Waals surface area contributed by atoms with E-state index >= 15 is 0 Å². The van der Waals surface area contributed by atoms with Gasteiger partial charge in [-0.3, -0.25) is 27.3 Å². The number of nitrogens with zero attached hydrogens (tertiary/aromatic N) is 9. The highest BCUT2D eigenvalue weighted by Gasteiger charge is 2.28. The molecule has 0 saturated carbocycles. The van der Waals surface area contributed by atoms with Crippen molar-refractivity contribution in [1.29, 1.82) is 0 Å². The van der Waals surface area contributed by atoms with Crippen molar-refractivity contribution in [3.63, 3.8) is 0 Å². The fourth-order valence-corrected chi connectivity index (χ4v) is 12.6. The minimum absolute atomic E-state index is 0.0106. The van der Waals surface area contributed by atoms with Crippen molar-refractivity contribution in [1.82, 2.24) is 14.8 Å². The SMILES string of the molecule is Cc1cc(N=Nc2ccc3c(S(=O)(=O)O)c(N=Nc4cnn(-c5cc(S(=O)(=O)O)c6cc(S(=O)(=O)O)cc(S(=O)(=O)O)c6c5)c4O)ccc3c2O)c(OCCCS(=O)(=O)O)cc1N=Nc1nc2c(S(=O)(=O)O)cc(Cl)cc2s1. The van der Waals surface area contributed by atoms with Crippen LogP contribution in [0.3, 0.4) is 0 Å². The van der Waals surface area contributed by atoms with Crippen LogP contribution in [-0.2, 0) is 60.7 Å². The molecular formula is C40H30ClN9O21S7. The van der Waals surface area contributed by atoms with Gasteiger partial charge in [0.15, 0.2) is 11.4 Å². The van der Waals surface area contributed by atoms with Crippen LogP contribution in [0.4, 0.5) is 33.6 Å². The molecule has 8 aromatic rings. The van der Waals surface area contributed by atoms with Gasteiger partial charge in [0.1, 0.15) is 47.9 Å². The van der Waals surface area contributed by atoms with Crippen LogP contribution >= 0.6 is 22.9 Å². The van der Waals surface area contributed by atoms with Crippen LogP contribution in [0, 0.1) is 6.92 Å². The Morgan fingerprint density at radius 2 is 1.18 bits per heavy atom. The Labute approximate surface area is 447 Å². The molecule has 0 aliphatic heterocycles. The van der Waals surface area contributed by atoms with Crippen LogP contribution in [0.15, 0.2) is 134 Å². The van der Waals surface area contributed by atoms with Crippen LogP contribution in [0.25, 0.3) is 37.4 Å². The van der Waals surface area contributed by atoms with Gasteiger partial charge in [0.25, 0.3) is 60.7 Å². The summed E-state index contributed by atoms with van der Waals surface area (Å²) in [7, 11) is -30.5. The van der Waals surface area contributed by atoms with Crippen LogP contribution in [0.5, 0.6) is 17.4 Å². The first kappa shape index (κ1) is 57.1. The highest BCUT2D eigenvalue weighted by Crippen LogP contribution is 2.45. The number of phenolic OH excluding ortho intramolecular Hbond substituents is 1. The smallest absolute Gasteiger partial charge is 0.297 e. The molecule has 0 saturated heterocycles. The van der Waals surface area contributed by atoms with E-state index in [1.165, 1.54) is 18.2 Å². The Morgan fingerprint density at radius 3 is 1.82 bits per heavy atom. The number of hydrogen-bond acceptors (Lipinski definition) is 24. The molecule has 2 heterocycles. The topological polar surface area (TPSA) is 481 Å². The summed E-state index contributed by atoms with van der Waals surface area (Å²) in [6.45, 7) is 1.25. The molecule has 0 radical (unpaired) electrons. The molecule has 410 valence electrons. The normalized spacial score (nSPS) is 13.3. The van der Waals surface area contributed by atoms with E-state index in [0.29, 0.717) is 22.4 Å². The van der Waals surface area contributed by atoms with Gasteiger partial charge in [-0.1, -0.05) is 29.0 Å². The molecule has 0 spiro atoms. The second-order valence-electron chi connectivity index (χ2n) is 16.0. The Hall–Kier alpha value is -7.11. The van der Waals surface area contributed by atoms with E-state index in [1.807, 2.05) is 0 Å². The molecule has 8 rings (SSSR count). The van der Waals surface area contributed by atoms with E-state index in [2.05, 4.69) is 40.8 Å². The predicted molar refractivity (Wildman–Crippen MR) is 272 cm³/mol. The molecule has 2 aromatic heterocycles. The summed E-state index contributed by atoms with van der Waals surface area (Å²) in [4.78, 5) is -1.04. The fraction of sp³-hybridized carbons (Fsp3) is 0.100. The number of benzene rings is 6. The van der Waals surface area contributed by atoms with E-state index < -0.39 is 130 Å². The van der Waals surface area contributed by atoms with Gasteiger partial charge < -0.3 is 14.9 Å². The second kappa shape index (κ2) is 20.6. The predicted octanol–water partition coefficient (Wildman–Crippen LogP) is 8.30. The lowest BCUT2D eigenvalue weighted by atomic mass is 10.1. The number of halogens is 1. The first-order chi connectivity index (χ1) is 36.1. The first-order valence-electron chi connectivity index (χ1n) is 20.7. The summed E-state index contributed by atoms with van der Waals surface area (Å²) in [5, 5.41) is 48.1. The molecule has 6 aromatic carbocycles. The number of thiazole rings is 1. The van der Waals surface area contributed by atoms with Crippen molar-refractivity contribution in [3.05, 3.63) is 89.6 Å². The maximum Gasteiger partial charge on any atom is 0.297 e. The van der Waals surface area contributed by atoms with E-state index in [1.54, 1.807) is 6.92 Å². The fourth-order valence-electron chi connectivity index (χ4n) is 7.31. The summed E-state index contributed by atoms with van der Waals surface area (Å²) in [5.41, 5.74) is -1.80. The zero-order chi connectivity index (χ0) is 57.2. The molecule has 78 heavy (non-hydrogen) atoms. The third-order valence-electron chi connectivity index (χ3n) is 10.7. The number of azo groups is 3. The molecule has 0 aliphatic carbocycles. The average Bonchev–Trinajstić information content (AvgIpc) is 3.91. The number of aromatic hydroxyl groups is 2. The monoisotopic (exact) mass is 1230 g/mol. The van der Waals surface area contributed by atoms with Crippen molar-refractivity contribution in [2.24, 2.45) is 30.7 Å². The zero-order valence-corrected chi connectivity index (χ0v) is 44.7. The third-order valence-corrected chi connectivity index (χ3v) is 17.0. The molecule has 0 amide bonds. The summed E-state index contributed by atoms with van der Waals surface area (Å²) in [6.07, 6.45) is 0.570. The second-order valence-corrected chi connectivity index (χ2v) is 26.0. The Balaban J connectivity index is 1.13. The molecule has 8 N–H and O–H groups in total. The van der Waals surface area contributed by atoms with Gasteiger partial charge in [-0.2, -0.15) is 60.3 Å². The van der Waals surface area contributed by atoms with Gasteiger partial charge in [-0.15, -0.1) is 30.7 Å². The molecule has 0 bridgehead atoms. The first-order valence-corrected chi connectivity index (χ1v) is 30.7. The van der Waals surface area contributed by atoms with Crippen molar-refractivity contribution in [2.45, 2.75) is 37.8 Å². The molecule has 0 unspecified atom stereocenters. The summed E-state index contributed by atoms with van der Waals surface area (Å²) >= 11 is 6.91. The average molecular weight is 1230 g/mol. The quantitative estimate of drug-likeness (QED) is 0.0241. The number of fused-ring (bicyclic) bond motifs is 3. The Kier molecular flexibility index (Phi) is 15.1. The van der Waals surface area contributed by atoms with Crippen LogP contribution in [0.2, 0.25) is 5.02 Å².